The number of halogens is 2. The molecule has 0 radical (unpaired) electrons. The number of nitrogens with one attached hydrogen (secondary N) is 2. The molecule has 1 saturated heterocycles. The molecule has 1 aliphatic rings. The second-order valence-corrected chi connectivity index (χ2v) is 6.64. The molecule has 0 atom stereocenters. The molecule has 0 aliphatic carbocycles. The quantitative estimate of drug-likeness (QED) is 0.463. The third-order valence-electron chi connectivity index (χ3n) is 3.52. The first kappa shape index (κ1) is 18.4. The molecule has 2 aromatic carbocycles. The van der Waals surface area contributed by atoms with Crippen molar-refractivity contribution < 1.29 is 14.3 Å². The molecule has 0 spiro atoms. The Kier molecular flexibility index (Phi) is 5.56. The van der Waals surface area contributed by atoms with E-state index in [-0.39, 0.29) is 17.3 Å². The van der Waals surface area contributed by atoms with Crippen LogP contribution in [0.5, 0.6) is 5.75 Å². The van der Waals surface area contributed by atoms with E-state index in [0.717, 1.165) is 5.56 Å². The van der Waals surface area contributed by atoms with Gasteiger partial charge in [0.05, 0.1) is 0 Å². The predicted molar refractivity (Wildman–Crippen MR) is 104 cm³/mol. The van der Waals surface area contributed by atoms with Crippen LogP contribution in [0.4, 0.5) is 0 Å². The lowest BCUT2D eigenvalue weighted by Crippen LogP contribution is -2.51. The maximum absolute atomic E-state index is 11.9. The van der Waals surface area contributed by atoms with E-state index in [4.69, 9.17) is 40.2 Å². The third kappa shape index (κ3) is 4.40. The van der Waals surface area contributed by atoms with Crippen LogP contribution in [0.2, 0.25) is 10.0 Å². The zero-order valence-corrected chi connectivity index (χ0v) is 15.5. The fraction of sp³-hybridized carbons (Fsp3) is 0.0556. The minimum absolute atomic E-state index is 0.00548. The van der Waals surface area contributed by atoms with Crippen LogP contribution in [0.3, 0.4) is 0 Å². The molecule has 2 N–H and O–H groups in total. The minimum Gasteiger partial charge on any atom is -0.489 e. The number of amides is 2. The smallest absolute Gasteiger partial charge is 0.263 e. The summed E-state index contributed by atoms with van der Waals surface area (Å²) in [5.41, 5.74) is 1.40. The van der Waals surface area contributed by atoms with E-state index in [1.807, 2.05) is 0 Å². The highest BCUT2D eigenvalue weighted by molar-refractivity contribution is 7.80. The van der Waals surface area contributed by atoms with Crippen molar-refractivity contribution >= 4 is 58.4 Å². The van der Waals surface area contributed by atoms with Crippen molar-refractivity contribution in [2.45, 2.75) is 6.61 Å². The SMILES string of the molecule is O=C1NC(=S)NC(=O)C1=Cc1cccc(OCc2ccc(Cl)cc2Cl)c1. The third-order valence-corrected chi connectivity index (χ3v) is 4.31. The van der Waals surface area contributed by atoms with Crippen LogP contribution < -0.4 is 15.4 Å². The van der Waals surface area contributed by atoms with E-state index >= 15 is 0 Å². The molecule has 132 valence electrons. The summed E-state index contributed by atoms with van der Waals surface area (Å²) in [5, 5.41) is 5.84. The Bertz CT molecular complexity index is 922. The normalized spacial score (nSPS) is 13.9. The van der Waals surface area contributed by atoms with Gasteiger partial charge in [0, 0.05) is 15.6 Å². The molecule has 0 bridgehead atoms. The Morgan fingerprint density at radius 2 is 1.77 bits per heavy atom. The molecule has 1 heterocycles. The first-order valence-corrected chi connectivity index (χ1v) is 8.64. The molecule has 26 heavy (non-hydrogen) atoms. The molecule has 8 heteroatoms. The molecule has 1 fully saturated rings. The Morgan fingerprint density at radius 3 is 2.46 bits per heavy atom. The minimum atomic E-state index is -0.544. The number of hydrogen-bond acceptors (Lipinski definition) is 4. The van der Waals surface area contributed by atoms with Gasteiger partial charge in [-0.05, 0) is 48.1 Å². The molecule has 5 nitrogen and oxygen atoms in total. The Labute approximate surface area is 164 Å². The zero-order valence-electron chi connectivity index (χ0n) is 13.2. The predicted octanol–water partition coefficient (Wildman–Crippen LogP) is 3.49. The van der Waals surface area contributed by atoms with Gasteiger partial charge in [-0.15, -0.1) is 0 Å². The maximum Gasteiger partial charge on any atom is 0.263 e. The van der Waals surface area contributed by atoms with Crippen LogP contribution >= 0.6 is 35.4 Å². The van der Waals surface area contributed by atoms with Crippen LogP contribution in [-0.2, 0) is 16.2 Å². The molecule has 0 unspecified atom stereocenters. The molecule has 1 aliphatic heterocycles. The van der Waals surface area contributed by atoms with E-state index < -0.39 is 11.8 Å². The Morgan fingerprint density at radius 1 is 1.04 bits per heavy atom. The lowest BCUT2D eigenvalue weighted by atomic mass is 10.1. The average Bonchev–Trinajstić information content (AvgIpc) is 2.58. The van der Waals surface area contributed by atoms with Gasteiger partial charge in [-0.1, -0.05) is 41.4 Å². The molecule has 3 rings (SSSR count). The second kappa shape index (κ2) is 7.86. The van der Waals surface area contributed by atoms with Crippen LogP contribution in [-0.4, -0.2) is 16.9 Å². The number of rotatable bonds is 4. The lowest BCUT2D eigenvalue weighted by molar-refractivity contribution is -0.123. The number of carbonyl (C=O) groups excluding carboxylic acids is 2. The van der Waals surface area contributed by atoms with Gasteiger partial charge in [-0.3, -0.25) is 20.2 Å². The molecule has 2 aromatic rings. The number of carbonyl (C=O) groups is 2. The average molecular weight is 407 g/mol. The zero-order chi connectivity index (χ0) is 18.7. The number of thiocarbonyl (C=S) groups is 1. The summed E-state index contributed by atoms with van der Waals surface area (Å²) >= 11 is 16.8. The largest absolute Gasteiger partial charge is 0.489 e. The highest BCUT2D eigenvalue weighted by Crippen LogP contribution is 2.23. The van der Waals surface area contributed by atoms with E-state index in [0.29, 0.717) is 21.4 Å². The Balaban J connectivity index is 1.76. The van der Waals surface area contributed by atoms with Gasteiger partial charge in [0.1, 0.15) is 17.9 Å². The second-order valence-electron chi connectivity index (χ2n) is 5.39. The van der Waals surface area contributed by atoms with Gasteiger partial charge < -0.3 is 4.74 Å². The number of ether oxygens (including phenoxy) is 1. The van der Waals surface area contributed by atoms with Gasteiger partial charge >= 0.3 is 0 Å². The van der Waals surface area contributed by atoms with Crippen LogP contribution in [0.1, 0.15) is 11.1 Å². The van der Waals surface area contributed by atoms with E-state index in [2.05, 4.69) is 10.6 Å². The van der Waals surface area contributed by atoms with Gasteiger partial charge in [0.2, 0.25) is 0 Å². The molecule has 2 amide bonds. The van der Waals surface area contributed by atoms with Crippen LogP contribution in [0.15, 0.2) is 48.0 Å². The van der Waals surface area contributed by atoms with E-state index in [9.17, 15) is 9.59 Å². The van der Waals surface area contributed by atoms with Crippen LogP contribution in [0.25, 0.3) is 6.08 Å². The van der Waals surface area contributed by atoms with Crippen molar-refractivity contribution in [2.24, 2.45) is 0 Å². The molecular formula is C18H12Cl2N2O3S. The Hall–Kier alpha value is -2.41. The number of hydrogen-bond donors (Lipinski definition) is 2. The standard InChI is InChI=1S/C18H12Cl2N2O3S/c19-12-5-4-11(15(20)8-12)9-25-13-3-1-2-10(6-13)7-14-16(23)21-18(26)22-17(14)24/h1-8H,9H2,(H2,21,22,23,24,26). The fourth-order valence-electron chi connectivity index (χ4n) is 2.27. The van der Waals surface area contributed by atoms with Crippen molar-refractivity contribution in [1.29, 1.82) is 0 Å². The first-order chi connectivity index (χ1) is 12.4. The first-order valence-electron chi connectivity index (χ1n) is 7.47. The van der Waals surface area contributed by atoms with Gasteiger partial charge in [-0.2, -0.15) is 0 Å². The fourth-order valence-corrected chi connectivity index (χ4v) is 2.92. The molecule has 0 saturated carbocycles. The molecule has 0 aromatic heterocycles. The number of benzene rings is 2. The summed E-state index contributed by atoms with van der Waals surface area (Å²) in [4.78, 5) is 23.8. The lowest BCUT2D eigenvalue weighted by Gasteiger charge is -2.16. The summed E-state index contributed by atoms with van der Waals surface area (Å²) in [6, 6.07) is 12.2. The van der Waals surface area contributed by atoms with Gasteiger partial charge in [0.15, 0.2) is 5.11 Å². The van der Waals surface area contributed by atoms with Crippen molar-refractivity contribution in [1.82, 2.24) is 10.6 Å². The summed E-state index contributed by atoms with van der Waals surface area (Å²) in [6.45, 7) is 0.255. The highest BCUT2D eigenvalue weighted by Gasteiger charge is 2.25. The van der Waals surface area contributed by atoms with E-state index in [1.54, 1.807) is 42.5 Å². The van der Waals surface area contributed by atoms with Crippen LogP contribution in [0, 0.1) is 0 Å². The van der Waals surface area contributed by atoms with Crippen molar-refractivity contribution in [3.8, 4) is 5.75 Å². The van der Waals surface area contributed by atoms with Crippen molar-refractivity contribution in [2.75, 3.05) is 0 Å². The summed E-state index contributed by atoms with van der Waals surface area (Å²) < 4.78 is 5.73. The summed E-state index contributed by atoms with van der Waals surface area (Å²) in [6.07, 6.45) is 1.47. The maximum atomic E-state index is 11.9. The van der Waals surface area contributed by atoms with Gasteiger partial charge in [-0.25, -0.2) is 0 Å². The highest BCUT2D eigenvalue weighted by atomic mass is 35.5. The van der Waals surface area contributed by atoms with Gasteiger partial charge in [0.25, 0.3) is 11.8 Å². The van der Waals surface area contributed by atoms with Crippen molar-refractivity contribution in [3.63, 3.8) is 0 Å². The van der Waals surface area contributed by atoms with E-state index in [1.165, 1.54) is 6.08 Å². The van der Waals surface area contributed by atoms with Crippen molar-refractivity contribution in [3.05, 3.63) is 69.2 Å². The molecular weight excluding hydrogens is 395 g/mol. The topological polar surface area (TPSA) is 67.4 Å². The summed E-state index contributed by atoms with van der Waals surface area (Å²) in [7, 11) is 0. The monoisotopic (exact) mass is 406 g/mol. The summed E-state index contributed by atoms with van der Waals surface area (Å²) in [5.74, 6) is -0.520.